The fourth-order valence-corrected chi connectivity index (χ4v) is 3.42. The molecule has 0 spiro atoms. The Kier molecular flexibility index (Phi) is 3.76. The molecule has 5 nitrogen and oxygen atoms in total. The molecule has 0 saturated heterocycles. The molecule has 1 unspecified atom stereocenters. The molecule has 0 bridgehead atoms. The highest BCUT2D eigenvalue weighted by Crippen LogP contribution is 2.40. The van der Waals surface area contributed by atoms with Crippen molar-refractivity contribution in [2.75, 3.05) is 12.4 Å². The molecule has 0 aliphatic carbocycles. The van der Waals surface area contributed by atoms with Crippen molar-refractivity contribution >= 4 is 11.7 Å². The molecule has 1 aliphatic heterocycles. The lowest BCUT2D eigenvalue weighted by Crippen LogP contribution is -2.24. The Morgan fingerprint density at radius 1 is 1.12 bits per heavy atom. The van der Waals surface area contributed by atoms with E-state index >= 15 is 0 Å². The zero-order valence-corrected chi connectivity index (χ0v) is 14.2. The molecule has 0 radical (unpaired) electrons. The Balaban J connectivity index is 1.83. The van der Waals surface area contributed by atoms with Crippen LogP contribution in [-0.2, 0) is 4.79 Å². The minimum atomic E-state index is -0.00730. The standard InChI is InChI=1S/C20H19N3O2/c1-13-19-17(14-8-10-16(25-2)11-9-14)12-18(24)21-20(19)23(22-13)15-6-4-3-5-7-15/h3-11,17H,12H2,1-2H3,(H,21,24). The minimum Gasteiger partial charge on any atom is -0.497 e. The highest BCUT2D eigenvalue weighted by Gasteiger charge is 2.32. The van der Waals surface area contributed by atoms with Gasteiger partial charge >= 0.3 is 0 Å². The van der Waals surface area contributed by atoms with E-state index in [0.717, 1.165) is 34.1 Å². The van der Waals surface area contributed by atoms with Gasteiger partial charge in [0.1, 0.15) is 11.6 Å². The van der Waals surface area contributed by atoms with Gasteiger partial charge in [-0.15, -0.1) is 0 Å². The van der Waals surface area contributed by atoms with E-state index in [0.29, 0.717) is 6.42 Å². The van der Waals surface area contributed by atoms with Crippen LogP contribution >= 0.6 is 0 Å². The second kappa shape index (κ2) is 6.09. The average Bonchev–Trinajstić information content (AvgIpc) is 2.98. The summed E-state index contributed by atoms with van der Waals surface area (Å²) in [5, 5.41) is 7.69. The van der Waals surface area contributed by atoms with E-state index in [1.165, 1.54) is 0 Å². The second-order valence-electron chi connectivity index (χ2n) is 6.17. The molecule has 0 saturated carbocycles. The molecule has 0 fully saturated rings. The average molecular weight is 333 g/mol. The summed E-state index contributed by atoms with van der Waals surface area (Å²) in [6.45, 7) is 1.99. The van der Waals surface area contributed by atoms with Crippen molar-refractivity contribution in [2.45, 2.75) is 19.3 Å². The topological polar surface area (TPSA) is 56.1 Å². The van der Waals surface area contributed by atoms with Crippen LogP contribution in [0, 0.1) is 6.92 Å². The van der Waals surface area contributed by atoms with Crippen molar-refractivity contribution in [3.63, 3.8) is 0 Å². The molecule has 1 aliphatic rings. The molecule has 1 amide bonds. The van der Waals surface area contributed by atoms with Crippen LogP contribution in [0.4, 0.5) is 5.82 Å². The number of anilines is 1. The van der Waals surface area contributed by atoms with Crippen LogP contribution < -0.4 is 10.1 Å². The molecule has 2 heterocycles. The van der Waals surface area contributed by atoms with Crippen molar-refractivity contribution in [2.24, 2.45) is 0 Å². The number of nitrogens with zero attached hydrogens (tertiary/aromatic N) is 2. The van der Waals surface area contributed by atoms with Crippen molar-refractivity contribution in [1.29, 1.82) is 0 Å². The van der Waals surface area contributed by atoms with Gasteiger partial charge in [0.25, 0.3) is 0 Å². The van der Waals surface area contributed by atoms with Crippen LogP contribution in [0.3, 0.4) is 0 Å². The predicted octanol–water partition coefficient (Wildman–Crippen LogP) is 3.66. The number of aromatic nitrogens is 2. The van der Waals surface area contributed by atoms with Crippen LogP contribution in [0.2, 0.25) is 0 Å². The van der Waals surface area contributed by atoms with Gasteiger partial charge in [-0.25, -0.2) is 4.68 Å². The second-order valence-corrected chi connectivity index (χ2v) is 6.17. The van der Waals surface area contributed by atoms with Gasteiger partial charge in [-0.1, -0.05) is 30.3 Å². The minimum absolute atomic E-state index is 0.00500. The summed E-state index contributed by atoms with van der Waals surface area (Å²) in [5.74, 6) is 1.57. The third kappa shape index (κ3) is 2.67. The van der Waals surface area contributed by atoms with Gasteiger partial charge in [0.05, 0.1) is 18.5 Å². The number of carbonyl (C=O) groups excluding carboxylic acids is 1. The molecule has 2 aromatic carbocycles. The summed E-state index contributed by atoms with van der Waals surface area (Å²) in [4.78, 5) is 12.3. The number of aryl methyl sites for hydroxylation is 1. The number of hydrogen-bond donors (Lipinski definition) is 1. The van der Waals surface area contributed by atoms with Crippen LogP contribution in [0.1, 0.15) is 29.2 Å². The van der Waals surface area contributed by atoms with Crippen LogP contribution in [0.5, 0.6) is 5.75 Å². The van der Waals surface area contributed by atoms with Crippen molar-refractivity contribution in [1.82, 2.24) is 9.78 Å². The number of nitrogens with one attached hydrogen (secondary N) is 1. The normalized spacial score (nSPS) is 16.2. The number of ether oxygens (including phenoxy) is 1. The van der Waals surface area contributed by atoms with Crippen LogP contribution in [-0.4, -0.2) is 22.8 Å². The van der Waals surface area contributed by atoms with Crippen molar-refractivity contribution < 1.29 is 9.53 Å². The Morgan fingerprint density at radius 2 is 1.84 bits per heavy atom. The van der Waals surface area contributed by atoms with Gasteiger partial charge < -0.3 is 10.1 Å². The number of methoxy groups -OCH3 is 1. The zero-order valence-electron chi connectivity index (χ0n) is 14.2. The molecule has 1 atom stereocenters. The van der Waals surface area contributed by atoms with E-state index in [9.17, 15) is 4.79 Å². The third-order valence-corrected chi connectivity index (χ3v) is 4.62. The fraction of sp³-hybridized carbons (Fsp3) is 0.200. The lowest BCUT2D eigenvalue weighted by molar-refractivity contribution is -0.116. The number of benzene rings is 2. The van der Waals surface area contributed by atoms with Crippen molar-refractivity contribution in [3.05, 3.63) is 71.4 Å². The van der Waals surface area contributed by atoms with Crippen LogP contribution in [0.15, 0.2) is 54.6 Å². The first-order valence-electron chi connectivity index (χ1n) is 8.26. The quantitative estimate of drug-likeness (QED) is 0.796. The van der Waals surface area contributed by atoms with Gasteiger partial charge in [-0.3, -0.25) is 4.79 Å². The first-order valence-corrected chi connectivity index (χ1v) is 8.26. The molecule has 126 valence electrons. The molecule has 1 aromatic heterocycles. The monoisotopic (exact) mass is 333 g/mol. The summed E-state index contributed by atoms with van der Waals surface area (Å²) in [6.07, 6.45) is 0.417. The zero-order chi connectivity index (χ0) is 17.4. The van der Waals surface area contributed by atoms with E-state index in [1.807, 2.05) is 66.2 Å². The number of para-hydroxylation sites is 1. The predicted molar refractivity (Wildman–Crippen MR) is 96.4 cm³/mol. The summed E-state index contributed by atoms with van der Waals surface area (Å²) < 4.78 is 7.05. The summed E-state index contributed by atoms with van der Waals surface area (Å²) >= 11 is 0. The molecular weight excluding hydrogens is 314 g/mol. The number of fused-ring (bicyclic) bond motifs is 1. The fourth-order valence-electron chi connectivity index (χ4n) is 3.42. The first kappa shape index (κ1) is 15.4. The van der Waals surface area contributed by atoms with Gasteiger partial charge in [0.15, 0.2) is 0 Å². The maximum absolute atomic E-state index is 12.3. The van der Waals surface area contributed by atoms with Gasteiger partial charge in [-0.05, 0) is 36.8 Å². The number of rotatable bonds is 3. The Bertz CT molecular complexity index is 914. The molecule has 5 heteroatoms. The smallest absolute Gasteiger partial charge is 0.226 e. The maximum atomic E-state index is 12.3. The van der Waals surface area contributed by atoms with Crippen LogP contribution in [0.25, 0.3) is 5.69 Å². The van der Waals surface area contributed by atoms with E-state index in [4.69, 9.17) is 4.74 Å². The highest BCUT2D eigenvalue weighted by molar-refractivity contribution is 5.95. The number of carbonyl (C=O) groups is 1. The summed E-state index contributed by atoms with van der Waals surface area (Å²) in [6, 6.07) is 17.7. The van der Waals surface area contributed by atoms with E-state index < -0.39 is 0 Å². The summed E-state index contributed by atoms with van der Waals surface area (Å²) in [5.41, 5.74) is 4.03. The molecule has 1 N–H and O–H groups in total. The van der Waals surface area contributed by atoms with E-state index in [1.54, 1.807) is 7.11 Å². The number of amides is 1. The lowest BCUT2D eigenvalue weighted by atomic mass is 9.86. The lowest BCUT2D eigenvalue weighted by Gasteiger charge is -2.24. The Hall–Kier alpha value is -3.08. The molecule has 25 heavy (non-hydrogen) atoms. The molecule has 4 rings (SSSR count). The number of hydrogen-bond acceptors (Lipinski definition) is 3. The van der Waals surface area contributed by atoms with E-state index in [-0.39, 0.29) is 11.8 Å². The Morgan fingerprint density at radius 3 is 2.52 bits per heavy atom. The SMILES string of the molecule is COc1ccc(C2CC(=O)Nc3c2c(C)nn3-c2ccccc2)cc1. The molecule has 3 aromatic rings. The van der Waals surface area contributed by atoms with Gasteiger partial charge in [-0.2, -0.15) is 5.10 Å². The summed E-state index contributed by atoms with van der Waals surface area (Å²) in [7, 11) is 1.65. The van der Waals surface area contributed by atoms with Gasteiger partial charge in [0.2, 0.25) is 5.91 Å². The largest absolute Gasteiger partial charge is 0.497 e. The Labute approximate surface area is 146 Å². The van der Waals surface area contributed by atoms with Gasteiger partial charge in [0, 0.05) is 17.9 Å². The molecular formula is C20H19N3O2. The highest BCUT2D eigenvalue weighted by atomic mass is 16.5. The van der Waals surface area contributed by atoms with Crippen molar-refractivity contribution in [3.8, 4) is 11.4 Å². The maximum Gasteiger partial charge on any atom is 0.226 e. The van der Waals surface area contributed by atoms with E-state index in [2.05, 4.69) is 10.4 Å². The first-order chi connectivity index (χ1) is 12.2. The third-order valence-electron chi connectivity index (χ3n) is 4.62.